The molecular weight excluding hydrogens is 416 g/mol. The summed E-state index contributed by atoms with van der Waals surface area (Å²) in [4.78, 5) is 27.3. The van der Waals surface area contributed by atoms with Crippen molar-refractivity contribution in [1.82, 2.24) is 4.90 Å². The highest BCUT2D eigenvalue weighted by molar-refractivity contribution is 5.95. The van der Waals surface area contributed by atoms with E-state index in [1.165, 1.54) is 0 Å². The van der Waals surface area contributed by atoms with E-state index in [0.29, 0.717) is 44.0 Å². The van der Waals surface area contributed by atoms with Crippen LogP contribution < -0.4 is 10.1 Å². The first-order valence-electron chi connectivity index (χ1n) is 11.8. The lowest BCUT2D eigenvalue weighted by Gasteiger charge is -2.30. The minimum Gasteiger partial charge on any atom is -0.489 e. The molecule has 174 valence electrons. The summed E-state index contributed by atoms with van der Waals surface area (Å²) in [5.74, 6) is 0.519. The Morgan fingerprint density at radius 1 is 1.12 bits per heavy atom. The van der Waals surface area contributed by atoms with Crippen molar-refractivity contribution in [1.29, 1.82) is 0 Å². The number of rotatable bonds is 7. The minimum atomic E-state index is -0.125. The average Bonchev–Trinajstić information content (AvgIpc) is 3.37. The lowest BCUT2D eigenvalue weighted by molar-refractivity contribution is -0.130. The number of carbonyl (C=O) groups excluding carboxylic acids is 2. The number of ether oxygens (including phenoxy) is 2. The molecule has 2 aliphatic heterocycles. The fourth-order valence-corrected chi connectivity index (χ4v) is 4.24. The highest BCUT2D eigenvalue weighted by Gasteiger charge is 2.27. The molecule has 2 aliphatic rings. The molecule has 0 spiro atoms. The van der Waals surface area contributed by atoms with Crippen molar-refractivity contribution in [2.45, 2.75) is 38.7 Å². The van der Waals surface area contributed by atoms with E-state index in [1.54, 1.807) is 6.08 Å². The highest BCUT2D eigenvalue weighted by Crippen LogP contribution is 2.29. The van der Waals surface area contributed by atoms with Crippen molar-refractivity contribution in [2.24, 2.45) is 5.92 Å². The molecule has 0 aliphatic carbocycles. The summed E-state index contributed by atoms with van der Waals surface area (Å²) in [5, 5.41) is 3.05. The molecule has 0 bridgehead atoms. The second-order valence-electron chi connectivity index (χ2n) is 8.78. The summed E-state index contributed by atoms with van der Waals surface area (Å²) in [6.07, 6.45) is 6.92. The topological polar surface area (TPSA) is 67.9 Å². The second-order valence-corrected chi connectivity index (χ2v) is 8.78. The molecule has 33 heavy (non-hydrogen) atoms. The van der Waals surface area contributed by atoms with Crippen molar-refractivity contribution >= 4 is 23.6 Å². The molecule has 0 radical (unpaired) electrons. The van der Waals surface area contributed by atoms with Gasteiger partial charge in [0.1, 0.15) is 12.4 Å². The maximum atomic E-state index is 12.9. The van der Waals surface area contributed by atoms with Crippen molar-refractivity contribution < 1.29 is 19.1 Å². The van der Waals surface area contributed by atoms with Gasteiger partial charge in [-0.15, -0.1) is 0 Å². The second kappa shape index (κ2) is 11.1. The predicted molar refractivity (Wildman–Crippen MR) is 129 cm³/mol. The van der Waals surface area contributed by atoms with Gasteiger partial charge in [0.15, 0.2) is 0 Å². The third-order valence-corrected chi connectivity index (χ3v) is 6.24. The lowest BCUT2D eigenvalue weighted by atomic mass is 9.95. The zero-order valence-corrected chi connectivity index (χ0v) is 19.2. The summed E-state index contributed by atoms with van der Waals surface area (Å²) in [6, 6.07) is 15.6. The van der Waals surface area contributed by atoms with Crippen LogP contribution >= 0.6 is 0 Å². The molecule has 2 aromatic carbocycles. The molecule has 6 nitrogen and oxygen atoms in total. The van der Waals surface area contributed by atoms with E-state index in [1.807, 2.05) is 66.4 Å². The molecule has 1 unspecified atom stereocenters. The van der Waals surface area contributed by atoms with Crippen LogP contribution in [0.4, 0.5) is 5.69 Å². The summed E-state index contributed by atoms with van der Waals surface area (Å²) in [5.41, 5.74) is 2.76. The number of anilines is 1. The lowest BCUT2D eigenvalue weighted by Crippen LogP contribution is -2.40. The number of hydrogen-bond donors (Lipinski definition) is 1. The molecule has 6 heteroatoms. The van der Waals surface area contributed by atoms with E-state index in [9.17, 15) is 9.59 Å². The van der Waals surface area contributed by atoms with E-state index in [0.717, 1.165) is 30.6 Å². The molecular formula is C27H32N2O4. The van der Waals surface area contributed by atoms with Crippen LogP contribution in [0, 0.1) is 12.8 Å². The van der Waals surface area contributed by atoms with Crippen LogP contribution in [0.15, 0.2) is 54.6 Å². The number of nitrogens with one attached hydrogen (secondary N) is 1. The van der Waals surface area contributed by atoms with Crippen molar-refractivity contribution in [3.8, 4) is 5.75 Å². The fourth-order valence-electron chi connectivity index (χ4n) is 4.24. The number of benzene rings is 2. The molecule has 0 aromatic heterocycles. The predicted octanol–water partition coefficient (Wildman–Crippen LogP) is 4.44. The first kappa shape index (κ1) is 23.1. The van der Waals surface area contributed by atoms with Crippen LogP contribution in [-0.2, 0) is 14.3 Å². The first-order chi connectivity index (χ1) is 16.1. The molecule has 0 saturated carbocycles. The Bertz CT molecular complexity index is 975. The van der Waals surface area contributed by atoms with Crippen molar-refractivity contribution in [2.75, 3.05) is 31.6 Å². The molecule has 2 fully saturated rings. The number of aryl methyl sites for hydroxylation is 1. The van der Waals surface area contributed by atoms with Gasteiger partial charge in [0.25, 0.3) is 0 Å². The standard InChI is InChI=1S/C27H32N2O4/c1-20-9-11-24(25(18-20)33-19-23-8-5-17-32-23)28-27(31)22-13-15-29(16-14-22)26(30)12-10-21-6-3-2-4-7-21/h2-4,6-7,9-12,18,22-23H,5,8,13-17,19H2,1H3,(H,28,31). The Balaban J connectivity index is 1.29. The van der Waals surface area contributed by atoms with E-state index in [-0.39, 0.29) is 23.8 Å². The molecule has 4 rings (SSSR count). The molecule has 2 saturated heterocycles. The largest absolute Gasteiger partial charge is 0.489 e. The summed E-state index contributed by atoms with van der Waals surface area (Å²) >= 11 is 0. The summed E-state index contributed by atoms with van der Waals surface area (Å²) in [6.45, 7) is 4.43. The zero-order chi connectivity index (χ0) is 23.0. The van der Waals surface area contributed by atoms with E-state index >= 15 is 0 Å². The average molecular weight is 449 g/mol. The number of nitrogens with zero attached hydrogens (tertiary/aromatic N) is 1. The molecule has 2 aromatic rings. The van der Waals surface area contributed by atoms with Crippen LogP contribution in [0.1, 0.15) is 36.8 Å². The third kappa shape index (κ3) is 6.45. The van der Waals surface area contributed by atoms with Crippen LogP contribution in [0.5, 0.6) is 5.75 Å². The normalized spacial score (nSPS) is 19.1. The van der Waals surface area contributed by atoms with Gasteiger partial charge in [0.05, 0.1) is 11.8 Å². The Kier molecular flexibility index (Phi) is 7.79. The van der Waals surface area contributed by atoms with Gasteiger partial charge in [-0.05, 0) is 61.9 Å². The Morgan fingerprint density at radius 3 is 2.64 bits per heavy atom. The summed E-state index contributed by atoms with van der Waals surface area (Å²) in [7, 11) is 0. The minimum absolute atomic E-state index is 0.0129. The van der Waals surface area contributed by atoms with Crippen molar-refractivity contribution in [3.63, 3.8) is 0 Å². The molecule has 1 atom stereocenters. The van der Waals surface area contributed by atoms with E-state index in [2.05, 4.69) is 5.32 Å². The first-order valence-corrected chi connectivity index (χ1v) is 11.8. The van der Waals surface area contributed by atoms with Gasteiger partial charge in [-0.3, -0.25) is 9.59 Å². The number of carbonyl (C=O) groups is 2. The third-order valence-electron chi connectivity index (χ3n) is 6.24. The number of hydrogen-bond acceptors (Lipinski definition) is 4. The quantitative estimate of drug-likeness (QED) is 0.636. The van der Waals surface area contributed by atoms with Gasteiger partial charge in [-0.1, -0.05) is 36.4 Å². The summed E-state index contributed by atoms with van der Waals surface area (Å²) < 4.78 is 11.6. The SMILES string of the molecule is Cc1ccc(NC(=O)C2CCN(C(=O)C=Cc3ccccc3)CC2)c(OCC2CCCO2)c1. The van der Waals surface area contributed by atoms with Crippen LogP contribution in [0.3, 0.4) is 0 Å². The van der Waals surface area contributed by atoms with Crippen molar-refractivity contribution in [3.05, 3.63) is 65.7 Å². The zero-order valence-electron chi connectivity index (χ0n) is 19.2. The van der Waals surface area contributed by atoms with Crippen LogP contribution in [0.2, 0.25) is 0 Å². The van der Waals surface area contributed by atoms with E-state index < -0.39 is 0 Å². The van der Waals surface area contributed by atoms with Crippen LogP contribution in [0.25, 0.3) is 6.08 Å². The number of piperidine rings is 1. The Hall–Kier alpha value is -3.12. The molecule has 1 N–H and O–H groups in total. The Labute approximate surface area is 195 Å². The Morgan fingerprint density at radius 2 is 1.91 bits per heavy atom. The maximum absolute atomic E-state index is 12.9. The smallest absolute Gasteiger partial charge is 0.246 e. The highest BCUT2D eigenvalue weighted by atomic mass is 16.5. The van der Waals surface area contributed by atoms with Gasteiger partial charge in [-0.2, -0.15) is 0 Å². The van der Waals surface area contributed by atoms with Gasteiger partial charge < -0.3 is 19.7 Å². The van der Waals surface area contributed by atoms with Gasteiger partial charge in [0.2, 0.25) is 11.8 Å². The van der Waals surface area contributed by atoms with Gasteiger partial charge >= 0.3 is 0 Å². The number of amides is 2. The monoisotopic (exact) mass is 448 g/mol. The van der Waals surface area contributed by atoms with Gasteiger partial charge in [-0.25, -0.2) is 0 Å². The molecule has 2 amide bonds. The number of likely N-dealkylation sites (tertiary alicyclic amines) is 1. The van der Waals surface area contributed by atoms with E-state index in [4.69, 9.17) is 9.47 Å². The molecule has 2 heterocycles. The fraction of sp³-hybridized carbons (Fsp3) is 0.407. The maximum Gasteiger partial charge on any atom is 0.246 e. The van der Waals surface area contributed by atoms with Gasteiger partial charge in [0, 0.05) is 31.7 Å². The van der Waals surface area contributed by atoms with Crippen LogP contribution in [-0.4, -0.2) is 49.1 Å².